The van der Waals surface area contributed by atoms with Crippen molar-refractivity contribution in [3.05, 3.63) is 75.0 Å². The summed E-state index contributed by atoms with van der Waals surface area (Å²) in [5.74, 6) is -1.26. The molecule has 5 N–H and O–H groups in total. The average molecular weight is 902 g/mol. The summed E-state index contributed by atoms with van der Waals surface area (Å²) < 4.78 is 37.4. The summed E-state index contributed by atoms with van der Waals surface area (Å²) in [4.78, 5) is 77.1. The predicted octanol–water partition coefficient (Wildman–Crippen LogP) is 4.12. The van der Waals surface area contributed by atoms with Gasteiger partial charge in [0.25, 0.3) is 23.3 Å². The van der Waals surface area contributed by atoms with Crippen molar-refractivity contribution in [2.24, 2.45) is 7.05 Å². The topological polar surface area (TPSA) is 235 Å². The number of benzene rings is 2. The molecule has 5 amide bonds. The van der Waals surface area contributed by atoms with E-state index in [-0.39, 0.29) is 65.4 Å². The van der Waals surface area contributed by atoms with Crippen molar-refractivity contribution in [2.75, 3.05) is 43.6 Å². The number of pyridine rings is 1. The number of methoxy groups -OCH3 is 1. The molecule has 5 heterocycles. The number of carbonyl (C=O) groups is 5. The summed E-state index contributed by atoms with van der Waals surface area (Å²) in [5.41, 5.74) is 2.51. The van der Waals surface area contributed by atoms with Gasteiger partial charge in [0.15, 0.2) is 18.1 Å². The van der Waals surface area contributed by atoms with E-state index in [1.807, 2.05) is 6.07 Å². The molecule has 334 valence electrons. The first-order valence-electron chi connectivity index (χ1n) is 21.1. The number of unbranched alkanes of at least 4 members (excludes halogenated alkanes) is 5. The number of imide groups is 2. The van der Waals surface area contributed by atoms with Gasteiger partial charge >= 0.3 is 0 Å². The molecule has 0 bridgehead atoms. The largest absolute Gasteiger partial charge is 0.493 e. The second kappa shape index (κ2) is 19.5. The number of thiophene rings is 1. The monoisotopic (exact) mass is 901 g/mol. The fourth-order valence-corrected chi connectivity index (χ4v) is 10.6. The third-order valence-corrected chi connectivity index (χ3v) is 14.4. The third kappa shape index (κ3) is 10.4. The normalized spacial score (nSPS) is 17.4. The number of amides is 5. The van der Waals surface area contributed by atoms with Crippen LogP contribution in [-0.4, -0.2) is 104 Å². The Morgan fingerprint density at radius 3 is 2.32 bits per heavy atom. The minimum Gasteiger partial charge on any atom is -0.493 e. The van der Waals surface area contributed by atoms with E-state index in [9.17, 15) is 37.2 Å². The zero-order valence-electron chi connectivity index (χ0n) is 35.2. The number of piperidine rings is 1. The SMILES string of the molecule is COc1cc(-c2cn(C)c(=O)c3cc(C(=N)NC4CCS(=O)(=O)CC4)sc23)ccc1OCC(=O)NCCCCCCCCNc1ccc2c(c1)C(=O)N(C1CCC(=O)NC1=O)C2=O. The van der Waals surface area contributed by atoms with Crippen molar-refractivity contribution in [3.8, 4) is 22.6 Å². The maximum Gasteiger partial charge on any atom is 0.262 e. The Hall–Kier alpha value is -6.08. The highest BCUT2D eigenvalue weighted by atomic mass is 32.2. The molecule has 2 fully saturated rings. The zero-order valence-corrected chi connectivity index (χ0v) is 36.8. The van der Waals surface area contributed by atoms with Gasteiger partial charge in [-0.1, -0.05) is 31.7 Å². The molecule has 1 atom stereocenters. The fraction of sp³-hybridized carbons (Fsp3) is 0.432. The Morgan fingerprint density at radius 2 is 1.59 bits per heavy atom. The number of anilines is 1. The molecular weight excluding hydrogens is 851 g/mol. The Morgan fingerprint density at radius 1 is 0.873 bits per heavy atom. The van der Waals surface area contributed by atoms with E-state index in [0.717, 1.165) is 54.6 Å². The molecule has 3 aliphatic rings. The summed E-state index contributed by atoms with van der Waals surface area (Å²) in [7, 11) is 0.141. The number of carbonyl (C=O) groups excluding carboxylic acids is 5. The minimum absolute atomic E-state index is 0.0691. The van der Waals surface area contributed by atoms with Gasteiger partial charge in [-0.2, -0.15) is 0 Å². The van der Waals surface area contributed by atoms with Crippen LogP contribution in [0.15, 0.2) is 53.5 Å². The predicted molar refractivity (Wildman–Crippen MR) is 239 cm³/mol. The Bertz CT molecular complexity index is 2630. The van der Waals surface area contributed by atoms with Crippen molar-refractivity contribution in [1.82, 2.24) is 25.4 Å². The number of nitrogens with zero attached hydrogens (tertiary/aromatic N) is 2. The Kier molecular flexibility index (Phi) is 13.9. The highest BCUT2D eigenvalue weighted by Crippen LogP contribution is 2.38. The standard InChI is InChI=1S/C44H51N7O10S2/c1-50-24-32(39-31(42(50)55)23-36(62-39)40(45)48-27-15-19-63(58,59)20-16-27)26-9-13-34(35(21-26)60-2)61-25-38(53)47-18-8-6-4-3-5-7-17-46-28-10-11-29-30(22-28)44(57)51(43(29)56)33-12-14-37(52)49-41(33)54/h9-11,13,21-24,27,33,46H,3-8,12,14-20,25H2,1-2H3,(H2,45,48)(H,47,53)(H,49,52,54). The second-order valence-electron chi connectivity index (χ2n) is 16.0. The lowest BCUT2D eigenvalue weighted by atomic mass is 10.0. The smallest absolute Gasteiger partial charge is 0.262 e. The summed E-state index contributed by atoms with van der Waals surface area (Å²) in [6.07, 6.45) is 8.45. The van der Waals surface area contributed by atoms with Crippen LogP contribution in [-0.2, 0) is 31.3 Å². The van der Waals surface area contributed by atoms with Crippen LogP contribution >= 0.6 is 11.3 Å². The van der Waals surface area contributed by atoms with Gasteiger partial charge < -0.3 is 30.0 Å². The number of amidine groups is 1. The molecule has 2 aromatic heterocycles. The third-order valence-electron chi connectivity index (χ3n) is 11.5. The summed E-state index contributed by atoms with van der Waals surface area (Å²) in [6, 6.07) is 10.9. The molecule has 0 aliphatic carbocycles. The van der Waals surface area contributed by atoms with Gasteiger partial charge in [-0.15, -0.1) is 11.3 Å². The lowest BCUT2D eigenvalue weighted by molar-refractivity contribution is -0.136. The Labute approximate surface area is 368 Å². The summed E-state index contributed by atoms with van der Waals surface area (Å²) >= 11 is 1.31. The first-order valence-corrected chi connectivity index (χ1v) is 23.7. The highest BCUT2D eigenvalue weighted by Gasteiger charge is 2.44. The van der Waals surface area contributed by atoms with Crippen LogP contribution in [0.1, 0.15) is 89.8 Å². The number of aromatic nitrogens is 1. The molecule has 63 heavy (non-hydrogen) atoms. The van der Waals surface area contributed by atoms with E-state index in [0.29, 0.717) is 58.1 Å². The quantitative estimate of drug-likeness (QED) is 0.0411. The molecule has 0 radical (unpaired) electrons. The fourth-order valence-electron chi connectivity index (χ4n) is 8.04. The minimum atomic E-state index is -3.03. The molecule has 2 aromatic carbocycles. The number of hydrogen-bond donors (Lipinski definition) is 5. The van der Waals surface area contributed by atoms with Crippen LogP contribution in [0.2, 0.25) is 0 Å². The molecule has 19 heteroatoms. The van der Waals surface area contributed by atoms with E-state index in [1.54, 1.807) is 49.6 Å². The van der Waals surface area contributed by atoms with E-state index in [2.05, 4.69) is 21.3 Å². The van der Waals surface area contributed by atoms with Gasteiger partial charge in [0.1, 0.15) is 21.7 Å². The molecule has 17 nitrogen and oxygen atoms in total. The van der Waals surface area contributed by atoms with Gasteiger partial charge in [0.2, 0.25) is 11.8 Å². The number of fused-ring (bicyclic) bond motifs is 2. The van der Waals surface area contributed by atoms with Crippen molar-refractivity contribution in [2.45, 2.75) is 76.3 Å². The average Bonchev–Trinajstić information content (AvgIpc) is 3.82. The van der Waals surface area contributed by atoms with Crippen LogP contribution in [0.25, 0.3) is 21.2 Å². The molecule has 2 saturated heterocycles. The van der Waals surface area contributed by atoms with Gasteiger partial charge in [-0.05, 0) is 74.1 Å². The maximum absolute atomic E-state index is 13.1. The van der Waals surface area contributed by atoms with E-state index in [4.69, 9.17) is 14.9 Å². The molecule has 3 aliphatic heterocycles. The van der Waals surface area contributed by atoms with Crippen molar-refractivity contribution >= 4 is 72.3 Å². The zero-order chi connectivity index (χ0) is 44.8. The molecule has 4 aromatic rings. The van der Waals surface area contributed by atoms with E-state index in [1.165, 1.54) is 23.0 Å². The van der Waals surface area contributed by atoms with Gasteiger partial charge in [0.05, 0.1) is 40.0 Å². The number of aryl methyl sites for hydroxylation is 1. The van der Waals surface area contributed by atoms with Gasteiger partial charge in [-0.3, -0.25) is 44.4 Å². The number of nitrogens with one attached hydrogen (secondary N) is 5. The molecule has 7 rings (SSSR count). The van der Waals surface area contributed by atoms with E-state index >= 15 is 0 Å². The first-order chi connectivity index (χ1) is 30.2. The van der Waals surface area contributed by atoms with Crippen LogP contribution in [0, 0.1) is 5.41 Å². The summed E-state index contributed by atoms with van der Waals surface area (Å²) in [5, 5.41) is 20.7. The number of sulfone groups is 1. The van der Waals surface area contributed by atoms with Gasteiger partial charge in [-0.25, -0.2) is 8.42 Å². The molecule has 0 spiro atoms. The van der Waals surface area contributed by atoms with Crippen LogP contribution in [0.4, 0.5) is 5.69 Å². The highest BCUT2D eigenvalue weighted by molar-refractivity contribution is 7.91. The number of rotatable bonds is 18. The molecule has 0 saturated carbocycles. The molecular formula is C44H51N7O10S2. The molecule has 1 unspecified atom stereocenters. The van der Waals surface area contributed by atoms with Crippen LogP contribution < -0.4 is 36.3 Å². The maximum atomic E-state index is 13.1. The van der Waals surface area contributed by atoms with E-state index < -0.39 is 39.5 Å². The van der Waals surface area contributed by atoms with Crippen molar-refractivity contribution in [3.63, 3.8) is 0 Å². The lowest BCUT2D eigenvalue weighted by Gasteiger charge is -2.27. The van der Waals surface area contributed by atoms with Crippen LogP contribution in [0.3, 0.4) is 0 Å². The van der Waals surface area contributed by atoms with Crippen molar-refractivity contribution in [1.29, 1.82) is 5.41 Å². The van der Waals surface area contributed by atoms with Crippen LogP contribution in [0.5, 0.6) is 11.5 Å². The van der Waals surface area contributed by atoms with Crippen molar-refractivity contribution < 1.29 is 41.9 Å². The second-order valence-corrected chi connectivity index (χ2v) is 19.4. The lowest BCUT2D eigenvalue weighted by Crippen LogP contribution is -2.54. The Balaban J connectivity index is 0.809. The summed E-state index contributed by atoms with van der Waals surface area (Å²) in [6.45, 7) is 0.996. The first kappa shape index (κ1) is 45.0. The van der Waals surface area contributed by atoms with Gasteiger partial charge in [0, 0.05) is 54.7 Å². The number of hydrogen-bond acceptors (Lipinski definition) is 13. The number of ether oxygens (including phenoxy) is 2.